The maximum Gasteiger partial charge on any atom is 0.327 e. The van der Waals surface area contributed by atoms with E-state index in [9.17, 15) is 27.9 Å². The van der Waals surface area contributed by atoms with Gasteiger partial charge in [0.15, 0.2) is 0 Å². The summed E-state index contributed by atoms with van der Waals surface area (Å²) < 4.78 is 27.2. The van der Waals surface area contributed by atoms with E-state index in [1.54, 1.807) is 13.8 Å². The SMILES string of the molecule is CCCCCCCCN(CCC#N)S(=O)(=O)CC(CCCN1C(=O)N(C)C(C)(C)C1=O)C(=O)O. The van der Waals surface area contributed by atoms with Gasteiger partial charge in [-0.3, -0.25) is 14.5 Å². The Morgan fingerprint density at radius 3 is 2.26 bits per heavy atom. The van der Waals surface area contributed by atoms with Crippen LogP contribution in [0, 0.1) is 17.2 Å². The number of carboxylic acid groups (broad SMARTS) is 1. The third kappa shape index (κ3) is 8.24. The number of carbonyl (C=O) groups excluding carboxylic acids is 2. The Balaban J connectivity index is 2.72. The lowest BCUT2D eigenvalue weighted by atomic mass is 10.0. The highest BCUT2D eigenvalue weighted by atomic mass is 32.2. The molecule has 0 saturated carbocycles. The molecule has 0 aromatic rings. The Bertz CT molecular complexity index is 852. The van der Waals surface area contributed by atoms with Gasteiger partial charge in [-0.2, -0.15) is 5.26 Å². The molecule has 194 valence electrons. The second-order valence-corrected chi connectivity index (χ2v) is 11.4. The number of urea groups is 1. The Kier molecular flexibility index (Phi) is 12.0. The largest absolute Gasteiger partial charge is 0.481 e. The van der Waals surface area contributed by atoms with Crippen molar-refractivity contribution in [3.63, 3.8) is 0 Å². The molecule has 11 heteroatoms. The average molecular weight is 501 g/mol. The smallest absolute Gasteiger partial charge is 0.327 e. The second-order valence-electron chi connectivity index (χ2n) is 9.39. The first kappa shape index (κ1) is 29.8. The summed E-state index contributed by atoms with van der Waals surface area (Å²) in [5, 5.41) is 18.5. The number of imide groups is 1. The molecule has 0 bridgehead atoms. The molecule has 0 aliphatic carbocycles. The van der Waals surface area contributed by atoms with Gasteiger partial charge in [0.2, 0.25) is 10.0 Å². The van der Waals surface area contributed by atoms with Crippen LogP contribution in [0.1, 0.15) is 78.6 Å². The van der Waals surface area contributed by atoms with E-state index >= 15 is 0 Å². The molecule has 0 aromatic heterocycles. The summed E-state index contributed by atoms with van der Waals surface area (Å²) in [6.07, 6.45) is 6.14. The Labute approximate surface area is 203 Å². The number of nitriles is 1. The number of rotatable bonds is 17. The van der Waals surface area contributed by atoms with Crippen molar-refractivity contribution < 1.29 is 27.9 Å². The standard InChI is InChI=1S/C23H40N4O6S/c1-5-6-7-8-9-10-15-26(16-12-14-24)34(32,33)18-19(20(28)29)13-11-17-27-21(30)23(2,3)25(4)22(27)31/h19H,5-13,15-18H2,1-4H3,(H,28,29). The topological polar surface area (TPSA) is 139 Å². The van der Waals surface area contributed by atoms with Crippen LogP contribution in [0.25, 0.3) is 0 Å². The van der Waals surface area contributed by atoms with Gasteiger partial charge < -0.3 is 10.0 Å². The quantitative estimate of drug-likeness (QED) is 0.239. The van der Waals surface area contributed by atoms with E-state index in [1.165, 1.54) is 16.3 Å². The van der Waals surface area contributed by atoms with E-state index in [2.05, 4.69) is 6.92 Å². The summed E-state index contributed by atoms with van der Waals surface area (Å²) in [6.45, 7) is 5.73. The minimum atomic E-state index is -3.89. The van der Waals surface area contributed by atoms with Crippen LogP contribution in [0.4, 0.5) is 4.79 Å². The first-order valence-corrected chi connectivity index (χ1v) is 13.7. The minimum absolute atomic E-state index is 0.0128. The molecule has 34 heavy (non-hydrogen) atoms. The lowest BCUT2D eigenvalue weighted by Gasteiger charge is -2.23. The van der Waals surface area contributed by atoms with Gasteiger partial charge >= 0.3 is 12.0 Å². The predicted molar refractivity (Wildman–Crippen MR) is 128 cm³/mol. The summed E-state index contributed by atoms with van der Waals surface area (Å²) >= 11 is 0. The van der Waals surface area contributed by atoms with Gasteiger partial charge in [-0.15, -0.1) is 0 Å². The molecule has 10 nitrogen and oxygen atoms in total. The molecule has 1 unspecified atom stereocenters. The molecule has 0 radical (unpaired) electrons. The molecule has 0 spiro atoms. The number of amides is 3. The third-order valence-electron chi connectivity index (χ3n) is 6.45. The van der Waals surface area contributed by atoms with Crippen molar-refractivity contribution >= 4 is 27.9 Å². The molecular formula is C23H40N4O6S. The first-order valence-electron chi connectivity index (χ1n) is 12.1. The van der Waals surface area contributed by atoms with Crippen LogP contribution in [-0.2, 0) is 19.6 Å². The van der Waals surface area contributed by atoms with Gasteiger partial charge in [0, 0.05) is 33.1 Å². The lowest BCUT2D eigenvalue weighted by Crippen LogP contribution is -2.41. The monoisotopic (exact) mass is 500 g/mol. The maximum atomic E-state index is 13.0. The predicted octanol–water partition coefficient (Wildman–Crippen LogP) is 3.05. The number of hydrogen-bond acceptors (Lipinski definition) is 6. The van der Waals surface area contributed by atoms with E-state index in [-0.39, 0.29) is 44.8 Å². The molecule has 1 N–H and O–H groups in total. The van der Waals surface area contributed by atoms with Crippen molar-refractivity contribution in [2.75, 3.05) is 32.4 Å². The molecular weight excluding hydrogens is 460 g/mol. The average Bonchev–Trinajstić information content (AvgIpc) is 2.91. The third-order valence-corrected chi connectivity index (χ3v) is 8.42. The molecule has 1 saturated heterocycles. The van der Waals surface area contributed by atoms with Crippen LogP contribution in [0.3, 0.4) is 0 Å². The Morgan fingerprint density at radius 1 is 1.12 bits per heavy atom. The summed E-state index contributed by atoms with van der Waals surface area (Å²) in [7, 11) is -2.35. The van der Waals surface area contributed by atoms with Gasteiger partial charge in [-0.1, -0.05) is 39.0 Å². The molecule has 1 aliphatic rings. The van der Waals surface area contributed by atoms with Crippen LogP contribution >= 0.6 is 0 Å². The van der Waals surface area contributed by atoms with E-state index in [0.717, 1.165) is 37.0 Å². The molecule has 0 aromatic carbocycles. The number of nitrogens with zero attached hydrogens (tertiary/aromatic N) is 4. The maximum absolute atomic E-state index is 13.0. The summed E-state index contributed by atoms with van der Waals surface area (Å²) in [5.74, 6) is -3.34. The van der Waals surface area contributed by atoms with Crippen LogP contribution in [-0.4, -0.2) is 83.5 Å². The molecule has 1 aliphatic heterocycles. The highest BCUT2D eigenvalue weighted by Crippen LogP contribution is 2.26. The molecule has 3 amide bonds. The molecule has 1 fully saturated rings. The van der Waals surface area contributed by atoms with E-state index < -0.39 is 39.2 Å². The van der Waals surface area contributed by atoms with Crippen LogP contribution < -0.4 is 0 Å². The Hall–Kier alpha value is -2.19. The summed E-state index contributed by atoms with van der Waals surface area (Å²) in [5.41, 5.74) is -0.968. The van der Waals surface area contributed by atoms with Crippen molar-refractivity contribution in [3.8, 4) is 6.07 Å². The highest BCUT2D eigenvalue weighted by Gasteiger charge is 2.48. The number of sulfonamides is 1. The Morgan fingerprint density at radius 2 is 1.74 bits per heavy atom. The van der Waals surface area contributed by atoms with E-state index in [0.29, 0.717) is 6.42 Å². The van der Waals surface area contributed by atoms with Crippen molar-refractivity contribution in [3.05, 3.63) is 0 Å². The fraction of sp³-hybridized carbons (Fsp3) is 0.826. The molecule has 1 heterocycles. The van der Waals surface area contributed by atoms with Crippen LogP contribution in [0.2, 0.25) is 0 Å². The van der Waals surface area contributed by atoms with E-state index in [1.807, 2.05) is 6.07 Å². The van der Waals surface area contributed by atoms with E-state index in [4.69, 9.17) is 5.26 Å². The molecule has 1 rings (SSSR count). The number of aliphatic carboxylic acids is 1. The number of carboxylic acids is 1. The van der Waals surface area contributed by atoms with Crippen LogP contribution in [0.15, 0.2) is 0 Å². The minimum Gasteiger partial charge on any atom is -0.481 e. The summed E-state index contributed by atoms with van der Waals surface area (Å²) in [6, 6.07) is 1.50. The van der Waals surface area contributed by atoms with Gasteiger partial charge in [0.1, 0.15) is 5.54 Å². The van der Waals surface area contributed by atoms with Crippen molar-refractivity contribution in [2.45, 2.75) is 84.1 Å². The molecule has 1 atom stereocenters. The van der Waals surface area contributed by atoms with Gasteiger partial charge in [0.25, 0.3) is 5.91 Å². The zero-order chi connectivity index (χ0) is 25.9. The van der Waals surface area contributed by atoms with Crippen molar-refractivity contribution in [1.82, 2.24) is 14.1 Å². The van der Waals surface area contributed by atoms with Crippen LogP contribution in [0.5, 0.6) is 0 Å². The van der Waals surface area contributed by atoms with Gasteiger partial charge in [0.05, 0.1) is 17.7 Å². The fourth-order valence-electron chi connectivity index (χ4n) is 3.94. The number of hydrogen-bond donors (Lipinski definition) is 1. The zero-order valence-corrected chi connectivity index (χ0v) is 21.8. The number of unbranched alkanes of at least 4 members (excludes halogenated alkanes) is 5. The van der Waals surface area contributed by atoms with Gasteiger partial charge in [-0.25, -0.2) is 17.5 Å². The van der Waals surface area contributed by atoms with Crippen molar-refractivity contribution in [2.24, 2.45) is 5.92 Å². The number of carbonyl (C=O) groups is 3. The lowest BCUT2D eigenvalue weighted by molar-refractivity contribution is -0.141. The second kappa shape index (κ2) is 13.6. The summed E-state index contributed by atoms with van der Waals surface area (Å²) in [4.78, 5) is 39.0. The number of likely N-dealkylation sites (N-methyl/N-ethyl adjacent to an activating group) is 1. The van der Waals surface area contributed by atoms with Crippen molar-refractivity contribution in [1.29, 1.82) is 5.26 Å². The first-order chi connectivity index (χ1) is 15.9. The normalized spacial score (nSPS) is 16.8. The fourth-order valence-corrected chi connectivity index (χ4v) is 5.75. The highest BCUT2D eigenvalue weighted by molar-refractivity contribution is 7.89. The zero-order valence-electron chi connectivity index (χ0n) is 21.0. The van der Waals surface area contributed by atoms with Gasteiger partial charge in [-0.05, 0) is 33.1 Å².